The third-order valence-corrected chi connectivity index (χ3v) is 4.59. The van der Waals surface area contributed by atoms with Crippen molar-refractivity contribution < 1.29 is 0 Å². The third-order valence-electron chi connectivity index (χ3n) is 4.13. The zero-order valence-corrected chi connectivity index (χ0v) is 11.3. The van der Waals surface area contributed by atoms with Gasteiger partial charge in [0.15, 0.2) is 0 Å². The van der Waals surface area contributed by atoms with Crippen LogP contribution in [0.15, 0.2) is 0 Å². The predicted octanol–water partition coefficient (Wildman–Crippen LogP) is 3.67. The van der Waals surface area contributed by atoms with E-state index in [2.05, 4.69) is 20.8 Å². The van der Waals surface area contributed by atoms with Crippen molar-refractivity contribution in [2.45, 2.75) is 44.9 Å². The fraction of sp³-hybridized carbons (Fsp3) is 1.00. The number of likely N-dealkylation sites (tertiary alicyclic amines) is 1. The van der Waals surface area contributed by atoms with Gasteiger partial charge in [0.05, 0.1) is 0 Å². The number of alkyl halides is 1. The monoisotopic (exact) mass is 273 g/mol. The Hall–Kier alpha value is 0.440. The van der Waals surface area contributed by atoms with Gasteiger partial charge in [-0.1, -0.05) is 35.2 Å². The summed E-state index contributed by atoms with van der Waals surface area (Å²) in [6, 6.07) is 0. The van der Waals surface area contributed by atoms with Crippen molar-refractivity contribution in [2.75, 3.05) is 25.0 Å². The highest BCUT2D eigenvalue weighted by molar-refractivity contribution is 9.09. The summed E-state index contributed by atoms with van der Waals surface area (Å²) in [7, 11) is 0. The molecule has 1 unspecified atom stereocenters. The molecule has 0 aromatic carbocycles. The van der Waals surface area contributed by atoms with Crippen molar-refractivity contribution in [2.24, 2.45) is 11.8 Å². The molecule has 2 fully saturated rings. The topological polar surface area (TPSA) is 3.24 Å². The molecule has 1 aliphatic heterocycles. The summed E-state index contributed by atoms with van der Waals surface area (Å²) in [6.07, 6.45) is 10.3. The number of nitrogens with zero attached hydrogens (tertiary/aromatic N) is 1. The number of halogens is 1. The Kier molecular flexibility index (Phi) is 4.96. The van der Waals surface area contributed by atoms with Crippen LogP contribution in [0.5, 0.6) is 0 Å². The first-order valence-corrected chi connectivity index (χ1v) is 7.79. The first kappa shape index (κ1) is 11.9. The van der Waals surface area contributed by atoms with Gasteiger partial charge in [-0.25, -0.2) is 0 Å². The van der Waals surface area contributed by atoms with Crippen molar-refractivity contribution in [3.63, 3.8) is 0 Å². The SMILES string of the molecule is BrCCC1CCN(CC2CCCCC2)C1. The van der Waals surface area contributed by atoms with Gasteiger partial charge in [-0.2, -0.15) is 0 Å². The quantitative estimate of drug-likeness (QED) is 0.707. The van der Waals surface area contributed by atoms with Crippen molar-refractivity contribution in [3.8, 4) is 0 Å². The fourth-order valence-corrected chi connectivity index (χ4v) is 3.85. The van der Waals surface area contributed by atoms with Gasteiger partial charge in [0.25, 0.3) is 0 Å². The standard InChI is InChI=1S/C13H24BrN/c14-8-6-13-7-9-15(11-13)10-12-4-2-1-3-5-12/h12-13H,1-11H2. The number of hydrogen-bond acceptors (Lipinski definition) is 1. The third kappa shape index (κ3) is 3.74. The van der Waals surface area contributed by atoms with Crippen LogP contribution in [0.25, 0.3) is 0 Å². The summed E-state index contributed by atoms with van der Waals surface area (Å²) in [5.74, 6) is 2.01. The highest BCUT2D eigenvalue weighted by Crippen LogP contribution is 2.27. The first-order valence-electron chi connectivity index (χ1n) is 6.67. The van der Waals surface area contributed by atoms with Crippen LogP contribution in [-0.2, 0) is 0 Å². The predicted molar refractivity (Wildman–Crippen MR) is 69.5 cm³/mol. The van der Waals surface area contributed by atoms with Crippen molar-refractivity contribution in [1.29, 1.82) is 0 Å². The molecule has 0 N–H and O–H groups in total. The van der Waals surface area contributed by atoms with E-state index in [1.807, 2.05) is 0 Å². The molecule has 0 aromatic heterocycles. The van der Waals surface area contributed by atoms with E-state index < -0.39 is 0 Å². The van der Waals surface area contributed by atoms with Gasteiger partial charge >= 0.3 is 0 Å². The minimum atomic E-state index is 0.980. The van der Waals surface area contributed by atoms with Gasteiger partial charge in [0, 0.05) is 18.4 Å². The zero-order valence-electron chi connectivity index (χ0n) is 9.76. The van der Waals surface area contributed by atoms with Gasteiger partial charge in [0.1, 0.15) is 0 Å². The Morgan fingerprint density at radius 1 is 1.00 bits per heavy atom. The minimum Gasteiger partial charge on any atom is -0.303 e. The Labute approximate surface area is 103 Å². The van der Waals surface area contributed by atoms with Crippen molar-refractivity contribution in [3.05, 3.63) is 0 Å². The van der Waals surface area contributed by atoms with Gasteiger partial charge in [-0.05, 0) is 44.1 Å². The Morgan fingerprint density at radius 3 is 2.53 bits per heavy atom. The van der Waals surface area contributed by atoms with E-state index in [1.54, 1.807) is 0 Å². The molecule has 0 aromatic rings. The summed E-state index contributed by atoms with van der Waals surface area (Å²) >= 11 is 3.56. The summed E-state index contributed by atoms with van der Waals surface area (Å²) in [5, 5.41) is 1.19. The van der Waals surface area contributed by atoms with Gasteiger partial charge in [-0.3, -0.25) is 0 Å². The summed E-state index contributed by atoms with van der Waals surface area (Å²) in [5.41, 5.74) is 0. The van der Waals surface area contributed by atoms with Crippen LogP contribution in [0.1, 0.15) is 44.9 Å². The van der Waals surface area contributed by atoms with Crippen LogP contribution in [-0.4, -0.2) is 29.9 Å². The van der Waals surface area contributed by atoms with Crippen LogP contribution >= 0.6 is 15.9 Å². The average molecular weight is 274 g/mol. The molecule has 1 saturated carbocycles. The first-order chi connectivity index (χ1) is 7.38. The summed E-state index contributed by atoms with van der Waals surface area (Å²) in [6.45, 7) is 4.15. The molecule has 0 bridgehead atoms. The van der Waals surface area contributed by atoms with Crippen LogP contribution in [0.3, 0.4) is 0 Å². The summed E-state index contributed by atoms with van der Waals surface area (Å²) in [4.78, 5) is 2.73. The summed E-state index contributed by atoms with van der Waals surface area (Å²) < 4.78 is 0. The molecular formula is C13H24BrN. The molecule has 1 saturated heterocycles. The van der Waals surface area contributed by atoms with Crippen molar-refractivity contribution >= 4 is 15.9 Å². The van der Waals surface area contributed by atoms with Crippen LogP contribution in [0.2, 0.25) is 0 Å². The second-order valence-electron chi connectivity index (χ2n) is 5.40. The van der Waals surface area contributed by atoms with E-state index in [0.29, 0.717) is 0 Å². The second-order valence-corrected chi connectivity index (χ2v) is 6.19. The molecule has 88 valence electrons. The molecule has 2 aliphatic rings. The maximum absolute atomic E-state index is 3.56. The maximum Gasteiger partial charge on any atom is 0.00344 e. The molecule has 0 amide bonds. The lowest BCUT2D eigenvalue weighted by Gasteiger charge is -2.26. The molecule has 0 radical (unpaired) electrons. The lowest BCUT2D eigenvalue weighted by Crippen LogP contribution is -2.28. The number of rotatable bonds is 4. The average Bonchev–Trinajstić information content (AvgIpc) is 2.68. The smallest absolute Gasteiger partial charge is 0.00344 e. The lowest BCUT2D eigenvalue weighted by atomic mass is 9.89. The zero-order chi connectivity index (χ0) is 10.5. The molecule has 1 heterocycles. The molecule has 2 heteroatoms. The molecule has 0 spiro atoms. The Morgan fingerprint density at radius 2 is 1.80 bits per heavy atom. The highest BCUT2D eigenvalue weighted by atomic mass is 79.9. The van der Waals surface area contributed by atoms with Crippen LogP contribution in [0, 0.1) is 11.8 Å². The maximum atomic E-state index is 3.56. The minimum absolute atomic E-state index is 0.980. The molecular weight excluding hydrogens is 250 g/mol. The van der Waals surface area contributed by atoms with E-state index >= 15 is 0 Å². The Bertz CT molecular complexity index is 177. The van der Waals surface area contributed by atoms with E-state index in [-0.39, 0.29) is 0 Å². The van der Waals surface area contributed by atoms with E-state index in [0.717, 1.165) is 11.8 Å². The number of hydrogen-bond donors (Lipinski definition) is 0. The molecule has 1 aliphatic carbocycles. The lowest BCUT2D eigenvalue weighted by molar-refractivity contribution is 0.228. The van der Waals surface area contributed by atoms with Gasteiger partial charge in [-0.15, -0.1) is 0 Å². The Balaban J connectivity index is 1.67. The van der Waals surface area contributed by atoms with Crippen LogP contribution in [0.4, 0.5) is 0 Å². The van der Waals surface area contributed by atoms with Gasteiger partial charge < -0.3 is 4.90 Å². The largest absolute Gasteiger partial charge is 0.303 e. The molecule has 15 heavy (non-hydrogen) atoms. The van der Waals surface area contributed by atoms with E-state index in [9.17, 15) is 0 Å². The highest BCUT2D eigenvalue weighted by Gasteiger charge is 2.24. The van der Waals surface area contributed by atoms with Crippen LogP contribution < -0.4 is 0 Å². The molecule has 1 atom stereocenters. The molecule has 1 nitrogen and oxygen atoms in total. The second kappa shape index (κ2) is 6.24. The van der Waals surface area contributed by atoms with Crippen molar-refractivity contribution in [1.82, 2.24) is 4.90 Å². The normalized spacial score (nSPS) is 29.8. The van der Waals surface area contributed by atoms with E-state index in [4.69, 9.17) is 0 Å². The van der Waals surface area contributed by atoms with E-state index in [1.165, 1.54) is 69.9 Å². The molecule has 2 rings (SSSR count). The fourth-order valence-electron chi connectivity index (χ4n) is 3.20. The van der Waals surface area contributed by atoms with Gasteiger partial charge in [0.2, 0.25) is 0 Å².